The molecule has 1 saturated heterocycles. The molecule has 0 saturated carbocycles. The Labute approximate surface area is 95.3 Å². The predicted octanol–water partition coefficient (Wildman–Crippen LogP) is 1.79. The van der Waals surface area contributed by atoms with Crippen LogP contribution in [0.4, 0.5) is 0 Å². The Hall–Kier alpha value is 0.682. The van der Waals surface area contributed by atoms with E-state index in [0.717, 1.165) is 16.4 Å². The van der Waals surface area contributed by atoms with Crippen molar-refractivity contribution in [3.8, 4) is 0 Å². The molecule has 1 unspecified atom stereocenters. The van der Waals surface area contributed by atoms with Gasteiger partial charge in [0.25, 0.3) is 0 Å². The van der Waals surface area contributed by atoms with Gasteiger partial charge in [0.15, 0.2) is 0 Å². The van der Waals surface area contributed by atoms with Crippen molar-refractivity contribution in [1.29, 1.82) is 0 Å². The summed E-state index contributed by atoms with van der Waals surface area (Å²) >= 11 is 6.74. The Morgan fingerprint density at radius 3 is 2.67 bits per heavy atom. The Kier molecular flexibility index (Phi) is 7.53. The van der Waals surface area contributed by atoms with Gasteiger partial charge in [-0.25, -0.2) is 0 Å². The number of rotatable bonds is 1. The summed E-state index contributed by atoms with van der Waals surface area (Å²) in [5, 5.41) is 0. The van der Waals surface area contributed by atoms with E-state index in [1.54, 1.807) is 4.90 Å². The van der Waals surface area contributed by atoms with Gasteiger partial charge < -0.3 is 0 Å². The van der Waals surface area contributed by atoms with Gasteiger partial charge in [0.1, 0.15) is 0 Å². The number of piperidine rings is 1. The summed E-state index contributed by atoms with van der Waals surface area (Å²) in [5.41, 5.74) is 0. The maximum absolute atomic E-state index is 11.0. The molecule has 4 heteroatoms. The summed E-state index contributed by atoms with van der Waals surface area (Å²) in [4.78, 5) is 12.8. The topological polar surface area (TPSA) is 20.3 Å². The maximum atomic E-state index is 11.0. The van der Waals surface area contributed by atoms with Crippen molar-refractivity contribution in [1.82, 2.24) is 4.90 Å². The quantitative estimate of drug-likeness (QED) is 0.384. The van der Waals surface area contributed by atoms with Crippen molar-refractivity contribution in [2.75, 3.05) is 12.5 Å². The fraction of sp³-hybridized carbons (Fsp3) is 0.875. The molecular formula is C8H15ClNOPb. The van der Waals surface area contributed by atoms with Crippen LogP contribution in [0.15, 0.2) is 0 Å². The first-order chi connectivity index (χ1) is 5.74. The first kappa shape index (κ1) is 12.7. The van der Waals surface area contributed by atoms with Crippen molar-refractivity contribution < 1.29 is 4.79 Å². The first-order valence-corrected chi connectivity index (χ1v) is 7.07. The third kappa shape index (κ3) is 4.07. The van der Waals surface area contributed by atoms with Crippen LogP contribution in [0.25, 0.3) is 0 Å². The molecule has 12 heavy (non-hydrogen) atoms. The van der Waals surface area contributed by atoms with Gasteiger partial charge in [-0.2, -0.15) is 0 Å². The molecule has 3 radical (unpaired) electrons. The molecule has 0 aromatic heterocycles. The van der Waals surface area contributed by atoms with Crippen LogP contribution in [0, 0.1) is 0 Å². The van der Waals surface area contributed by atoms with E-state index < -0.39 is 0 Å². The Morgan fingerprint density at radius 2 is 2.25 bits per heavy atom. The predicted molar refractivity (Wildman–Crippen MR) is 52.5 cm³/mol. The van der Waals surface area contributed by atoms with Gasteiger partial charge in [0.2, 0.25) is 0 Å². The molecule has 1 heterocycles. The van der Waals surface area contributed by atoms with Crippen LogP contribution < -0.4 is 0 Å². The molecule has 1 atom stereocenters. The molecule has 69 valence electrons. The molecular weight excluding hydrogens is 369 g/mol. The van der Waals surface area contributed by atoms with Gasteiger partial charge in [-0.15, -0.1) is 0 Å². The fourth-order valence-corrected chi connectivity index (χ4v) is 2.68. The number of carbonyl (C=O) groups is 1. The third-order valence-electron chi connectivity index (χ3n) is 1.64. The molecule has 1 fully saturated rings. The van der Waals surface area contributed by atoms with Crippen LogP contribution >= 0.6 is 11.6 Å². The third-order valence-corrected chi connectivity index (χ3v) is 3.76. The van der Waals surface area contributed by atoms with E-state index in [1.165, 1.54) is 25.8 Å². The van der Waals surface area contributed by atoms with Crippen LogP contribution in [-0.4, -0.2) is 49.1 Å². The summed E-state index contributed by atoms with van der Waals surface area (Å²) in [7, 11) is 0. The minimum absolute atomic E-state index is 0.224. The average molecular weight is 384 g/mol. The number of amides is 1. The van der Waals surface area contributed by atoms with E-state index in [2.05, 4.69) is 0 Å². The summed E-state index contributed by atoms with van der Waals surface area (Å²) in [6, 6.07) is 0.373. The number of nitrogens with zero attached hydrogens (tertiary/aromatic N) is 1. The second-order valence-electron chi connectivity index (χ2n) is 2.47. The van der Waals surface area contributed by atoms with Gasteiger partial charge in [0.05, 0.1) is 0 Å². The van der Waals surface area contributed by atoms with Crippen LogP contribution in [0.2, 0.25) is 3.48 Å². The Morgan fingerprint density at radius 1 is 1.67 bits per heavy atom. The second kappa shape index (κ2) is 7.12. The van der Waals surface area contributed by atoms with Gasteiger partial charge in [-0.3, -0.25) is 0 Å². The van der Waals surface area contributed by atoms with E-state index in [9.17, 15) is 4.79 Å². The summed E-state index contributed by atoms with van der Waals surface area (Å²) in [5.74, 6) is 0.224. The fourth-order valence-electron chi connectivity index (χ4n) is 1.03. The minimum atomic E-state index is 0.224. The zero-order valence-corrected chi connectivity index (χ0v) is 12.3. The van der Waals surface area contributed by atoms with Crippen molar-refractivity contribution >= 4 is 43.3 Å². The summed E-state index contributed by atoms with van der Waals surface area (Å²) in [6.07, 6.45) is 1.79. The molecule has 2 nitrogen and oxygen atoms in total. The second-order valence-corrected chi connectivity index (χ2v) is 5.88. The van der Waals surface area contributed by atoms with Crippen molar-refractivity contribution in [3.63, 3.8) is 0 Å². The van der Waals surface area contributed by atoms with Gasteiger partial charge in [-0.05, 0) is 0 Å². The van der Waals surface area contributed by atoms with Crippen molar-refractivity contribution in [3.05, 3.63) is 0 Å². The Bertz CT molecular complexity index is 143. The molecule has 1 aliphatic heterocycles. The standard InChI is InChI=1S/C6H9ClNO.C2H6.Pb/c7-5-8-4-2-1-3-6(8)9;1-2;/h2H,1,3-5H2;1-2H3;. The number of hydrogen-bond acceptors (Lipinski definition) is 1. The number of alkyl halides is 1. The van der Waals surface area contributed by atoms with Crippen LogP contribution in [0.5, 0.6) is 0 Å². The molecule has 0 aromatic carbocycles. The zero-order valence-electron chi connectivity index (χ0n) is 7.64. The van der Waals surface area contributed by atoms with Crippen LogP contribution in [0.1, 0.15) is 26.7 Å². The molecule has 0 bridgehead atoms. The number of carbonyl (C=O) groups excluding carboxylic acids is 1. The number of likely N-dealkylation sites (tertiary alicyclic amines) is 1. The monoisotopic (exact) mass is 384 g/mol. The van der Waals surface area contributed by atoms with E-state index in [-0.39, 0.29) is 5.91 Å². The molecule has 0 aliphatic carbocycles. The average Bonchev–Trinajstić information content (AvgIpc) is 2.13. The molecule has 1 rings (SSSR count). The zero-order chi connectivity index (χ0) is 9.56. The van der Waals surface area contributed by atoms with E-state index in [4.69, 9.17) is 11.6 Å². The number of hydrogen-bond donors (Lipinski definition) is 0. The van der Waals surface area contributed by atoms with E-state index in [1.807, 2.05) is 13.8 Å². The molecule has 0 spiro atoms. The number of halogens is 1. The molecule has 1 amide bonds. The van der Waals surface area contributed by atoms with Crippen molar-refractivity contribution in [2.45, 2.75) is 30.2 Å². The molecule has 1 aliphatic rings. The first-order valence-electron chi connectivity index (χ1n) is 4.29. The summed E-state index contributed by atoms with van der Waals surface area (Å²) in [6.45, 7) is 4.90. The van der Waals surface area contributed by atoms with E-state index >= 15 is 0 Å². The normalized spacial score (nSPS) is 23.2. The summed E-state index contributed by atoms with van der Waals surface area (Å²) < 4.78 is 0.761. The van der Waals surface area contributed by atoms with E-state index in [0.29, 0.717) is 12.4 Å². The van der Waals surface area contributed by atoms with Crippen LogP contribution in [0.3, 0.4) is 0 Å². The van der Waals surface area contributed by atoms with Gasteiger partial charge >= 0.3 is 81.8 Å². The Balaban J connectivity index is 0.000000561. The van der Waals surface area contributed by atoms with Gasteiger partial charge in [-0.1, -0.05) is 13.8 Å². The van der Waals surface area contributed by atoms with Gasteiger partial charge in [0, 0.05) is 0 Å². The SMILES string of the molecule is CC.O=C1CC[CH]([Pb])CN1CCl. The molecule has 0 aromatic rings. The van der Waals surface area contributed by atoms with Crippen LogP contribution in [-0.2, 0) is 4.79 Å². The molecule has 0 N–H and O–H groups in total. The van der Waals surface area contributed by atoms with Crippen molar-refractivity contribution in [2.24, 2.45) is 0 Å².